The molecule has 0 radical (unpaired) electrons. The van der Waals surface area contributed by atoms with Gasteiger partial charge in [0.15, 0.2) is 0 Å². The monoisotopic (exact) mass is 533 g/mol. The van der Waals surface area contributed by atoms with Gasteiger partial charge in [0.25, 0.3) is 0 Å². The maximum absolute atomic E-state index is 11.8. The van der Waals surface area contributed by atoms with Crippen LogP contribution < -0.4 is 14.5 Å². The molecular formula is C29H32ClN5O3. The summed E-state index contributed by atoms with van der Waals surface area (Å²) in [7, 11) is 2.15. The summed E-state index contributed by atoms with van der Waals surface area (Å²) in [6.07, 6.45) is 3.90. The number of likely N-dealkylation sites (N-methyl/N-ethyl adjacent to an activating group) is 1. The van der Waals surface area contributed by atoms with E-state index >= 15 is 0 Å². The lowest BCUT2D eigenvalue weighted by Gasteiger charge is -2.44. The zero-order valence-corrected chi connectivity index (χ0v) is 22.4. The number of benzene rings is 2. The van der Waals surface area contributed by atoms with Crippen LogP contribution in [0.1, 0.15) is 30.5 Å². The minimum atomic E-state index is -0.0616. The molecule has 0 saturated carbocycles. The summed E-state index contributed by atoms with van der Waals surface area (Å²) in [4.78, 5) is 28.7. The molecule has 5 heterocycles. The molecule has 4 aliphatic heterocycles. The van der Waals surface area contributed by atoms with Crippen molar-refractivity contribution in [2.24, 2.45) is 5.92 Å². The van der Waals surface area contributed by atoms with Gasteiger partial charge in [0.2, 0.25) is 0 Å². The highest BCUT2D eigenvalue weighted by atomic mass is 35.5. The van der Waals surface area contributed by atoms with Crippen LogP contribution in [0.3, 0.4) is 0 Å². The fourth-order valence-electron chi connectivity index (χ4n) is 6.48. The van der Waals surface area contributed by atoms with Gasteiger partial charge in [-0.05, 0) is 56.8 Å². The first kappa shape index (κ1) is 24.0. The van der Waals surface area contributed by atoms with E-state index in [2.05, 4.69) is 46.0 Å². The van der Waals surface area contributed by atoms with Crippen molar-refractivity contribution < 1.29 is 14.3 Å². The van der Waals surface area contributed by atoms with Gasteiger partial charge in [0.1, 0.15) is 18.5 Å². The Balaban J connectivity index is 1.22. The highest BCUT2D eigenvalue weighted by molar-refractivity contribution is 6.36. The zero-order valence-electron chi connectivity index (χ0n) is 21.6. The van der Waals surface area contributed by atoms with Crippen molar-refractivity contribution in [1.29, 1.82) is 0 Å². The van der Waals surface area contributed by atoms with Crippen molar-refractivity contribution in [3.8, 4) is 6.01 Å². The quantitative estimate of drug-likeness (QED) is 0.455. The van der Waals surface area contributed by atoms with Crippen molar-refractivity contribution in [2.45, 2.75) is 44.4 Å². The molecule has 3 aromatic rings. The van der Waals surface area contributed by atoms with Crippen LogP contribution in [-0.4, -0.2) is 72.8 Å². The van der Waals surface area contributed by atoms with Gasteiger partial charge in [-0.2, -0.15) is 9.97 Å². The fourth-order valence-corrected chi connectivity index (χ4v) is 6.76. The van der Waals surface area contributed by atoms with Gasteiger partial charge in [0, 0.05) is 35.8 Å². The number of anilines is 2. The van der Waals surface area contributed by atoms with Gasteiger partial charge >= 0.3 is 12.0 Å². The standard InChI is InChI=1S/C29H32ClN5O3/c1-33-12-4-7-19(33)17-37-29-31-23-15-34(24-9-3-6-18-5-2-8-22(30)26(18)24)13-10-20(23)27(32-29)35-14-11-21-25(16-35)38-28(21)36/h2-3,5-6,8-9,19,21,25H,4,7,10-17H2,1H3/t19-,21?,25?/m0/s1. The number of fused-ring (bicyclic) bond motifs is 3. The lowest BCUT2D eigenvalue weighted by molar-refractivity contribution is -0.185. The lowest BCUT2D eigenvalue weighted by Crippen LogP contribution is -2.57. The molecule has 1 aromatic heterocycles. The summed E-state index contributed by atoms with van der Waals surface area (Å²) in [5.74, 6) is 0.902. The summed E-state index contributed by atoms with van der Waals surface area (Å²) >= 11 is 6.67. The molecule has 2 aromatic carbocycles. The molecule has 0 aliphatic carbocycles. The number of carbonyl (C=O) groups is 1. The summed E-state index contributed by atoms with van der Waals surface area (Å²) in [6, 6.07) is 13.2. The Kier molecular flexibility index (Phi) is 6.04. The molecule has 38 heavy (non-hydrogen) atoms. The fraction of sp³-hybridized carbons (Fsp3) is 0.483. The lowest BCUT2D eigenvalue weighted by atomic mass is 9.89. The Morgan fingerprint density at radius 3 is 2.74 bits per heavy atom. The van der Waals surface area contributed by atoms with Crippen LogP contribution in [0.5, 0.6) is 6.01 Å². The summed E-state index contributed by atoms with van der Waals surface area (Å²) < 4.78 is 11.7. The van der Waals surface area contributed by atoms with Crippen LogP contribution in [0, 0.1) is 5.92 Å². The number of piperidine rings is 1. The molecule has 0 spiro atoms. The maximum atomic E-state index is 11.8. The normalized spacial score (nSPS) is 25.1. The van der Waals surface area contributed by atoms with E-state index in [1.165, 1.54) is 12.0 Å². The van der Waals surface area contributed by atoms with Crippen LogP contribution in [0.25, 0.3) is 10.8 Å². The number of halogens is 1. The number of likely N-dealkylation sites (tertiary alicyclic amines) is 1. The van der Waals surface area contributed by atoms with Gasteiger partial charge < -0.3 is 24.2 Å². The molecule has 0 N–H and O–H groups in total. The first-order valence-electron chi connectivity index (χ1n) is 13.7. The predicted molar refractivity (Wildman–Crippen MR) is 147 cm³/mol. The molecule has 3 atom stereocenters. The first-order chi connectivity index (χ1) is 18.5. The van der Waals surface area contributed by atoms with Crippen LogP contribution >= 0.6 is 11.6 Å². The average Bonchev–Trinajstić information content (AvgIpc) is 3.34. The number of rotatable bonds is 5. The van der Waals surface area contributed by atoms with E-state index in [1.54, 1.807) is 0 Å². The second kappa shape index (κ2) is 9.58. The van der Waals surface area contributed by atoms with E-state index in [9.17, 15) is 4.79 Å². The van der Waals surface area contributed by atoms with Gasteiger partial charge in [-0.15, -0.1) is 0 Å². The molecule has 0 bridgehead atoms. The SMILES string of the molecule is CN1CCC[C@H]1COc1nc2c(c(N3CCC4C(=O)OC4C3)n1)CCN(c1cccc3cccc(Cl)c13)C2. The highest BCUT2D eigenvalue weighted by Crippen LogP contribution is 2.39. The Morgan fingerprint density at radius 2 is 1.95 bits per heavy atom. The Morgan fingerprint density at radius 1 is 1.08 bits per heavy atom. The van der Waals surface area contributed by atoms with Crippen LogP contribution in [0.15, 0.2) is 36.4 Å². The van der Waals surface area contributed by atoms with Crippen molar-refractivity contribution in [3.63, 3.8) is 0 Å². The smallest absolute Gasteiger partial charge is 0.318 e. The van der Waals surface area contributed by atoms with Gasteiger partial charge in [0.05, 0.1) is 29.7 Å². The molecule has 2 unspecified atom stereocenters. The molecule has 198 valence electrons. The Labute approximate surface area is 227 Å². The Bertz CT molecular complexity index is 1390. The molecule has 9 heteroatoms. The number of esters is 1. The van der Waals surface area contributed by atoms with Crippen LogP contribution in [-0.2, 0) is 22.5 Å². The van der Waals surface area contributed by atoms with Crippen LogP contribution in [0.2, 0.25) is 5.02 Å². The third-order valence-electron chi connectivity index (χ3n) is 8.70. The Hall–Kier alpha value is -3.10. The molecule has 3 saturated heterocycles. The molecule has 7 rings (SSSR count). The van der Waals surface area contributed by atoms with Crippen LogP contribution in [0.4, 0.5) is 11.5 Å². The summed E-state index contributed by atoms with van der Waals surface area (Å²) in [6.45, 7) is 4.64. The first-order valence-corrected chi connectivity index (χ1v) is 14.0. The number of aromatic nitrogens is 2. The minimum Gasteiger partial charge on any atom is -0.462 e. The van der Waals surface area contributed by atoms with E-state index in [0.717, 1.165) is 71.9 Å². The number of hydrogen-bond acceptors (Lipinski definition) is 8. The molecule has 4 aliphatic rings. The van der Waals surface area contributed by atoms with E-state index < -0.39 is 0 Å². The van der Waals surface area contributed by atoms with Crippen molar-refractivity contribution in [2.75, 3.05) is 49.6 Å². The number of ether oxygens (including phenoxy) is 2. The largest absolute Gasteiger partial charge is 0.462 e. The maximum Gasteiger partial charge on any atom is 0.318 e. The van der Waals surface area contributed by atoms with E-state index in [-0.39, 0.29) is 18.0 Å². The topological polar surface area (TPSA) is 71.0 Å². The number of nitrogens with zero attached hydrogens (tertiary/aromatic N) is 5. The second-order valence-corrected chi connectivity index (χ2v) is 11.4. The van der Waals surface area contributed by atoms with Gasteiger partial charge in [-0.3, -0.25) is 4.79 Å². The molecule has 3 fully saturated rings. The number of hydrogen-bond donors (Lipinski definition) is 0. The molecule has 0 amide bonds. The van der Waals surface area contributed by atoms with Crippen molar-refractivity contribution in [3.05, 3.63) is 52.7 Å². The van der Waals surface area contributed by atoms with E-state index in [4.69, 9.17) is 31.0 Å². The summed E-state index contributed by atoms with van der Waals surface area (Å²) in [5, 5.41) is 2.96. The van der Waals surface area contributed by atoms with E-state index in [0.29, 0.717) is 31.7 Å². The van der Waals surface area contributed by atoms with Crippen molar-refractivity contribution in [1.82, 2.24) is 14.9 Å². The molecular weight excluding hydrogens is 502 g/mol. The highest BCUT2D eigenvalue weighted by Gasteiger charge is 2.46. The van der Waals surface area contributed by atoms with Gasteiger partial charge in [-0.1, -0.05) is 35.9 Å². The third-order valence-corrected chi connectivity index (χ3v) is 9.02. The third kappa shape index (κ3) is 4.14. The zero-order chi connectivity index (χ0) is 25.8. The summed E-state index contributed by atoms with van der Waals surface area (Å²) in [5.41, 5.74) is 3.28. The molecule has 8 nitrogen and oxygen atoms in total. The minimum absolute atomic E-state index is 0.0316. The van der Waals surface area contributed by atoms with Crippen molar-refractivity contribution >= 4 is 39.8 Å². The second-order valence-electron chi connectivity index (χ2n) is 10.9. The average molecular weight is 534 g/mol. The van der Waals surface area contributed by atoms with Gasteiger partial charge in [-0.25, -0.2) is 0 Å². The van der Waals surface area contributed by atoms with E-state index in [1.807, 2.05) is 12.1 Å². The predicted octanol–water partition coefficient (Wildman–Crippen LogP) is 4.07. The number of carbonyl (C=O) groups excluding carboxylic acids is 1.